The molecule has 0 radical (unpaired) electrons. The summed E-state index contributed by atoms with van der Waals surface area (Å²) in [6.07, 6.45) is -3.15. The number of ether oxygens (including phenoxy) is 2. The summed E-state index contributed by atoms with van der Waals surface area (Å²) in [5.74, 6) is 0.0807. The highest BCUT2D eigenvalue weighted by Gasteiger charge is 2.30. The van der Waals surface area contributed by atoms with Gasteiger partial charge in [-0.2, -0.15) is 0 Å². The van der Waals surface area contributed by atoms with Crippen molar-refractivity contribution in [3.05, 3.63) is 60.4 Å². The number of rotatable bonds is 5. The highest BCUT2D eigenvalue weighted by molar-refractivity contribution is 5.44. The van der Waals surface area contributed by atoms with Gasteiger partial charge in [-0.3, -0.25) is 0 Å². The first-order valence-corrected chi connectivity index (χ1v) is 7.09. The molecule has 25 heavy (non-hydrogen) atoms. The molecular weight excluding hydrogens is 339 g/mol. The fourth-order valence-electron chi connectivity index (χ4n) is 2.03. The normalized spacial score (nSPS) is 11.3. The highest BCUT2D eigenvalue weighted by atomic mass is 19.4. The topological polar surface area (TPSA) is 69.4 Å². The lowest BCUT2D eigenvalue weighted by Gasteiger charge is -2.09. The monoisotopic (exact) mass is 351 g/mol. The summed E-state index contributed by atoms with van der Waals surface area (Å²) in [6, 6.07) is 11.7. The number of phenolic OH excluding ortho intramolecular Hbond substituents is 1. The number of nitrogens with zero attached hydrogens (tertiary/aromatic N) is 3. The van der Waals surface area contributed by atoms with E-state index < -0.39 is 6.36 Å². The smallest absolute Gasteiger partial charge is 0.506 e. The van der Waals surface area contributed by atoms with Crippen LogP contribution in [0.5, 0.6) is 17.2 Å². The van der Waals surface area contributed by atoms with Crippen LogP contribution in [0, 0.1) is 0 Å². The van der Waals surface area contributed by atoms with E-state index in [2.05, 4.69) is 15.0 Å². The molecule has 0 unspecified atom stereocenters. The standard InChI is InChI=1S/C16H12F3N3O3/c17-16(18,19)25-13-7-5-12(6-8-13)24-10-11-9-22(21-20-11)14-3-1-2-4-15(14)23/h1-9,23H,10H2. The second-order valence-corrected chi connectivity index (χ2v) is 4.95. The Morgan fingerprint density at radius 1 is 1.00 bits per heavy atom. The van der Waals surface area contributed by atoms with Crippen molar-refractivity contribution in [2.24, 2.45) is 0 Å². The molecule has 3 aromatic rings. The van der Waals surface area contributed by atoms with Crippen molar-refractivity contribution in [2.45, 2.75) is 13.0 Å². The minimum absolute atomic E-state index is 0.0557. The molecule has 1 heterocycles. The zero-order valence-corrected chi connectivity index (χ0v) is 12.6. The van der Waals surface area contributed by atoms with Gasteiger partial charge in [0.05, 0.1) is 6.20 Å². The predicted octanol–water partition coefficient (Wildman–Crippen LogP) is 3.45. The highest BCUT2D eigenvalue weighted by Crippen LogP contribution is 2.25. The molecule has 0 spiro atoms. The average Bonchev–Trinajstić information content (AvgIpc) is 3.02. The summed E-state index contributed by atoms with van der Waals surface area (Å²) in [6.45, 7) is 0.0626. The number of phenols is 1. The van der Waals surface area contributed by atoms with Crippen molar-refractivity contribution in [3.63, 3.8) is 0 Å². The summed E-state index contributed by atoms with van der Waals surface area (Å²) in [7, 11) is 0. The molecule has 0 aliphatic carbocycles. The summed E-state index contributed by atoms with van der Waals surface area (Å²) < 4.78 is 46.9. The number of aromatic hydroxyl groups is 1. The Hall–Kier alpha value is -3.23. The first-order chi connectivity index (χ1) is 11.9. The van der Waals surface area contributed by atoms with Crippen LogP contribution in [0.1, 0.15) is 5.69 Å². The molecule has 0 fully saturated rings. The van der Waals surface area contributed by atoms with Crippen molar-refractivity contribution in [2.75, 3.05) is 0 Å². The Balaban J connectivity index is 1.62. The van der Waals surface area contributed by atoms with E-state index in [4.69, 9.17) is 4.74 Å². The molecule has 130 valence electrons. The van der Waals surface area contributed by atoms with Gasteiger partial charge in [0.2, 0.25) is 0 Å². The summed E-state index contributed by atoms with van der Waals surface area (Å²) >= 11 is 0. The Bertz CT molecular complexity index is 848. The fraction of sp³-hybridized carbons (Fsp3) is 0.125. The van der Waals surface area contributed by atoms with Crippen LogP contribution in [0.2, 0.25) is 0 Å². The van der Waals surface area contributed by atoms with Crippen molar-refractivity contribution < 1.29 is 27.8 Å². The molecule has 0 bridgehead atoms. The minimum atomic E-state index is -4.73. The maximum absolute atomic E-state index is 12.1. The van der Waals surface area contributed by atoms with Gasteiger partial charge >= 0.3 is 6.36 Å². The SMILES string of the molecule is Oc1ccccc1-n1cc(COc2ccc(OC(F)(F)F)cc2)nn1. The number of aromatic nitrogens is 3. The van der Waals surface area contributed by atoms with Crippen LogP contribution in [0.4, 0.5) is 13.2 Å². The lowest BCUT2D eigenvalue weighted by Crippen LogP contribution is -2.16. The van der Waals surface area contributed by atoms with Crippen LogP contribution in [0.3, 0.4) is 0 Å². The summed E-state index contributed by atoms with van der Waals surface area (Å²) in [5.41, 5.74) is 0.953. The Morgan fingerprint density at radius 3 is 2.36 bits per heavy atom. The van der Waals surface area contributed by atoms with Crippen molar-refractivity contribution in [1.29, 1.82) is 0 Å². The van der Waals surface area contributed by atoms with Crippen LogP contribution in [-0.4, -0.2) is 26.5 Å². The van der Waals surface area contributed by atoms with Crippen molar-refractivity contribution in [1.82, 2.24) is 15.0 Å². The van der Waals surface area contributed by atoms with Gasteiger partial charge in [0, 0.05) is 0 Å². The van der Waals surface area contributed by atoms with Crippen molar-refractivity contribution >= 4 is 0 Å². The van der Waals surface area contributed by atoms with E-state index in [-0.39, 0.29) is 18.1 Å². The number of hydrogen-bond donors (Lipinski definition) is 1. The first-order valence-electron chi connectivity index (χ1n) is 7.09. The van der Waals surface area contributed by atoms with Crippen LogP contribution in [0.25, 0.3) is 5.69 Å². The van der Waals surface area contributed by atoms with Gasteiger partial charge in [-0.05, 0) is 36.4 Å². The molecule has 1 aromatic heterocycles. The molecule has 0 saturated heterocycles. The van der Waals surface area contributed by atoms with Crippen molar-refractivity contribution in [3.8, 4) is 22.9 Å². The fourth-order valence-corrected chi connectivity index (χ4v) is 2.03. The summed E-state index contributed by atoms with van der Waals surface area (Å²) in [4.78, 5) is 0. The van der Waals surface area contributed by atoms with Gasteiger partial charge in [-0.15, -0.1) is 18.3 Å². The predicted molar refractivity (Wildman–Crippen MR) is 80.5 cm³/mol. The van der Waals surface area contributed by atoms with Gasteiger partial charge in [-0.25, -0.2) is 4.68 Å². The number of alkyl halides is 3. The van der Waals surface area contributed by atoms with E-state index in [1.54, 1.807) is 24.4 Å². The number of halogens is 3. The summed E-state index contributed by atoms with van der Waals surface area (Å²) in [5, 5.41) is 17.6. The Kier molecular flexibility index (Phi) is 4.46. The van der Waals surface area contributed by atoms with Gasteiger partial charge in [0.1, 0.15) is 35.2 Å². The van der Waals surface area contributed by atoms with Gasteiger partial charge in [-0.1, -0.05) is 17.3 Å². The third kappa shape index (κ3) is 4.40. The molecule has 1 N–H and O–H groups in total. The zero-order chi connectivity index (χ0) is 17.9. The third-order valence-electron chi connectivity index (χ3n) is 3.11. The maximum Gasteiger partial charge on any atom is 0.573 e. The quantitative estimate of drug-likeness (QED) is 0.762. The van der Waals surface area contributed by atoms with Gasteiger partial charge in [0.15, 0.2) is 0 Å². The van der Waals surface area contributed by atoms with E-state index in [0.29, 0.717) is 17.1 Å². The molecule has 9 heteroatoms. The van der Waals surface area contributed by atoms with E-state index >= 15 is 0 Å². The lowest BCUT2D eigenvalue weighted by molar-refractivity contribution is -0.274. The molecule has 3 rings (SSSR count). The first kappa shape index (κ1) is 16.6. The zero-order valence-electron chi connectivity index (χ0n) is 12.6. The van der Waals surface area contributed by atoms with Crippen LogP contribution < -0.4 is 9.47 Å². The van der Waals surface area contributed by atoms with E-state index in [9.17, 15) is 18.3 Å². The molecular formula is C16H12F3N3O3. The third-order valence-corrected chi connectivity index (χ3v) is 3.11. The Labute approximate surface area is 140 Å². The van der Waals surface area contributed by atoms with Crippen LogP contribution in [-0.2, 0) is 6.61 Å². The average molecular weight is 351 g/mol. The molecule has 0 saturated carbocycles. The number of benzene rings is 2. The minimum Gasteiger partial charge on any atom is -0.506 e. The second-order valence-electron chi connectivity index (χ2n) is 4.95. The van der Waals surface area contributed by atoms with Crippen LogP contribution in [0.15, 0.2) is 54.7 Å². The number of para-hydroxylation sites is 2. The van der Waals surface area contributed by atoms with E-state index in [1.807, 2.05) is 0 Å². The maximum atomic E-state index is 12.1. The molecule has 0 atom stereocenters. The van der Waals surface area contributed by atoms with Crippen LogP contribution >= 0.6 is 0 Å². The largest absolute Gasteiger partial charge is 0.573 e. The molecule has 0 aliphatic rings. The second kappa shape index (κ2) is 6.71. The van der Waals surface area contributed by atoms with Gasteiger partial charge < -0.3 is 14.6 Å². The van der Waals surface area contributed by atoms with E-state index in [0.717, 1.165) is 12.1 Å². The molecule has 6 nitrogen and oxygen atoms in total. The van der Waals surface area contributed by atoms with E-state index in [1.165, 1.54) is 22.9 Å². The Morgan fingerprint density at radius 2 is 1.68 bits per heavy atom. The molecule has 0 aliphatic heterocycles. The molecule has 0 amide bonds. The lowest BCUT2D eigenvalue weighted by atomic mass is 10.3. The molecule has 2 aromatic carbocycles. The van der Waals surface area contributed by atoms with Gasteiger partial charge in [0.25, 0.3) is 0 Å². The number of hydrogen-bond acceptors (Lipinski definition) is 5.